The lowest BCUT2D eigenvalue weighted by Gasteiger charge is -2.02. The molecule has 1 aromatic heterocycles. The molecule has 13 heavy (non-hydrogen) atoms. The van der Waals surface area contributed by atoms with Gasteiger partial charge in [-0.15, -0.1) is 0 Å². The molecule has 1 aromatic carbocycles. The molecule has 0 saturated heterocycles. The Morgan fingerprint density at radius 1 is 1.23 bits per heavy atom. The van der Waals surface area contributed by atoms with Crippen LogP contribution in [0.4, 0.5) is 0 Å². The summed E-state index contributed by atoms with van der Waals surface area (Å²) in [7, 11) is 0. The molecule has 0 amide bonds. The first-order valence-corrected chi connectivity index (χ1v) is 4.76. The van der Waals surface area contributed by atoms with Crippen molar-refractivity contribution in [2.45, 2.75) is 6.92 Å². The van der Waals surface area contributed by atoms with Gasteiger partial charge < -0.3 is 4.98 Å². The molecule has 0 bridgehead atoms. The Hall–Kier alpha value is -1.09. The van der Waals surface area contributed by atoms with E-state index in [4.69, 9.17) is 0 Å². The van der Waals surface area contributed by atoms with E-state index < -0.39 is 0 Å². The molecule has 0 aliphatic heterocycles. The second kappa shape index (κ2) is 3.00. The number of halogens is 1. The zero-order chi connectivity index (χ0) is 9.42. The van der Waals surface area contributed by atoms with Crippen molar-refractivity contribution < 1.29 is 0 Å². The molecule has 0 atom stereocenters. The van der Waals surface area contributed by atoms with Crippen LogP contribution in [0.5, 0.6) is 0 Å². The number of aromatic amines is 1. The number of aryl methyl sites for hydroxylation is 1. The Morgan fingerprint density at radius 3 is 2.77 bits per heavy atom. The van der Waals surface area contributed by atoms with Crippen molar-refractivity contribution in [1.82, 2.24) is 4.98 Å². The number of H-pyrrole nitrogens is 1. The van der Waals surface area contributed by atoms with Crippen LogP contribution in [0.2, 0.25) is 0 Å². The van der Waals surface area contributed by atoms with Crippen molar-refractivity contribution >= 4 is 26.8 Å². The van der Waals surface area contributed by atoms with Crippen molar-refractivity contribution in [3.8, 4) is 0 Å². The number of fused-ring (bicyclic) bond motifs is 1. The summed E-state index contributed by atoms with van der Waals surface area (Å²) in [6.45, 7) is 2.02. The molecule has 1 N–H and O–H groups in total. The smallest absolute Gasteiger partial charge is 0.248 e. The minimum Gasteiger partial charge on any atom is -0.322 e. The van der Waals surface area contributed by atoms with Gasteiger partial charge in [0.15, 0.2) is 0 Å². The Kier molecular flexibility index (Phi) is 1.96. The van der Waals surface area contributed by atoms with Crippen LogP contribution in [0.15, 0.2) is 33.5 Å². The number of benzene rings is 1. The van der Waals surface area contributed by atoms with E-state index in [1.54, 1.807) is 0 Å². The van der Waals surface area contributed by atoms with E-state index in [1.165, 1.54) is 11.6 Å². The zero-order valence-electron chi connectivity index (χ0n) is 7.10. The van der Waals surface area contributed by atoms with Crippen LogP contribution < -0.4 is 5.56 Å². The third kappa shape index (κ3) is 1.40. The maximum Gasteiger partial charge on any atom is 0.248 e. The molecule has 0 radical (unpaired) electrons. The molecular formula is C10H8BrNO. The van der Waals surface area contributed by atoms with Gasteiger partial charge in [0, 0.05) is 21.4 Å². The third-order valence-corrected chi connectivity index (χ3v) is 3.08. The summed E-state index contributed by atoms with van der Waals surface area (Å²) >= 11 is 3.48. The number of aromatic nitrogens is 1. The normalized spacial score (nSPS) is 10.6. The van der Waals surface area contributed by atoms with Crippen LogP contribution in [0.25, 0.3) is 10.9 Å². The molecule has 0 fully saturated rings. The van der Waals surface area contributed by atoms with E-state index in [2.05, 4.69) is 20.9 Å². The second-order valence-electron chi connectivity index (χ2n) is 2.98. The van der Waals surface area contributed by atoms with Gasteiger partial charge in [0.25, 0.3) is 0 Å². The second-order valence-corrected chi connectivity index (χ2v) is 3.77. The Morgan fingerprint density at radius 2 is 2.00 bits per heavy atom. The van der Waals surface area contributed by atoms with E-state index in [9.17, 15) is 4.79 Å². The first kappa shape index (κ1) is 8.51. The molecule has 2 aromatic rings. The van der Waals surface area contributed by atoms with Crippen LogP contribution in [-0.2, 0) is 0 Å². The first-order chi connectivity index (χ1) is 6.18. The average molecular weight is 238 g/mol. The number of hydrogen-bond acceptors (Lipinski definition) is 1. The summed E-state index contributed by atoms with van der Waals surface area (Å²) in [5.41, 5.74) is 1.97. The van der Waals surface area contributed by atoms with E-state index in [0.717, 1.165) is 15.4 Å². The van der Waals surface area contributed by atoms with Gasteiger partial charge in [0.1, 0.15) is 0 Å². The molecule has 0 spiro atoms. The number of hydrogen-bond donors (Lipinski definition) is 1. The lowest BCUT2D eigenvalue weighted by Crippen LogP contribution is -2.02. The Balaban J connectivity index is 2.95. The fraction of sp³-hybridized carbons (Fsp3) is 0.100. The van der Waals surface area contributed by atoms with Crippen molar-refractivity contribution in [3.05, 3.63) is 44.7 Å². The molecule has 2 nitrogen and oxygen atoms in total. The van der Waals surface area contributed by atoms with Gasteiger partial charge >= 0.3 is 0 Å². The predicted octanol–water partition coefficient (Wildman–Crippen LogP) is 2.60. The van der Waals surface area contributed by atoms with Crippen molar-refractivity contribution in [3.63, 3.8) is 0 Å². The highest BCUT2D eigenvalue weighted by atomic mass is 79.9. The van der Waals surface area contributed by atoms with Crippen LogP contribution in [0, 0.1) is 6.92 Å². The monoisotopic (exact) mass is 237 g/mol. The minimum absolute atomic E-state index is 0.0664. The summed E-state index contributed by atoms with van der Waals surface area (Å²) in [5, 5.41) is 1.04. The molecule has 66 valence electrons. The van der Waals surface area contributed by atoms with Crippen LogP contribution in [-0.4, -0.2) is 4.98 Å². The molecule has 0 aliphatic carbocycles. The average Bonchev–Trinajstić information content (AvgIpc) is 2.12. The number of pyridine rings is 1. The fourth-order valence-electron chi connectivity index (χ4n) is 1.31. The van der Waals surface area contributed by atoms with Crippen LogP contribution in [0.1, 0.15) is 5.56 Å². The first-order valence-electron chi connectivity index (χ1n) is 3.96. The maximum atomic E-state index is 11.0. The van der Waals surface area contributed by atoms with Gasteiger partial charge in [-0.1, -0.05) is 6.07 Å². The SMILES string of the molecule is Cc1ccc2[nH]c(=O)ccc2c1Br. The fourth-order valence-corrected chi connectivity index (χ4v) is 1.79. The van der Waals surface area contributed by atoms with Gasteiger partial charge in [-0.3, -0.25) is 4.79 Å². The highest BCUT2D eigenvalue weighted by molar-refractivity contribution is 9.10. The number of nitrogens with one attached hydrogen (secondary N) is 1. The highest BCUT2D eigenvalue weighted by Crippen LogP contribution is 2.24. The summed E-state index contributed by atoms with van der Waals surface area (Å²) in [6.07, 6.45) is 0. The molecule has 0 saturated carbocycles. The molecular weight excluding hydrogens is 230 g/mol. The summed E-state index contributed by atoms with van der Waals surface area (Å²) in [5.74, 6) is 0. The molecule has 0 aliphatic rings. The van der Waals surface area contributed by atoms with Gasteiger partial charge in [0.05, 0.1) is 0 Å². The van der Waals surface area contributed by atoms with Gasteiger partial charge in [-0.05, 0) is 40.5 Å². The van der Waals surface area contributed by atoms with Crippen molar-refractivity contribution in [2.75, 3.05) is 0 Å². The Labute approximate surface area is 83.7 Å². The largest absolute Gasteiger partial charge is 0.322 e. The summed E-state index contributed by atoms with van der Waals surface area (Å²) in [6, 6.07) is 7.25. The van der Waals surface area contributed by atoms with Crippen molar-refractivity contribution in [2.24, 2.45) is 0 Å². The number of rotatable bonds is 0. The van der Waals surface area contributed by atoms with Gasteiger partial charge in [-0.2, -0.15) is 0 Å². The van der Waals surface area contributed by atoms with E-state index in [1.807, 2.05) is 25.1 Å². The van der Waals surface area contributed by atoms with Crippen LogP contribution >= 0.6 is 15.9 Å². The van der Waals surface area contributed by atoms with Gasteiger partial charge in [-0.25, -0.2) is 0 Å². The van der Waals surface area contributed by atoms with Crippen molar-refractivity contribution in [1.29, 1.82) is 0 Å². The van der Waals surface area contributed by atoms with E-state index >= 15 is 0 Å². The summed E-state index contributed by atoms with van der Waals surface area (Å²) in [4.78, 5) is 13.8. The highest BCUT2D eigenvalue weighted by Gasteiger charge is 2.01. The Bertz CT molecular complexity index is 516. The minimum atomic E-state index is -0.0664. The standard InChI is InChI=1S/C10H8BrNO/c1-6-2-4-8-7(10(6)11)3-5-9(13)12-8/h2-5H,1H3,(H,12,13). The summed E-state index contributed by atoms with van der Waals surface area (Å²) < 4.78 is 1.04. The molecule has 2 rings (SSSR count). The maximum absolute atomic E-state index is 11.0. The lowest BCUT2D eigenvalue weighted by atomic mass is 10.1. The topological polar surface area (TPSA) is 32.9 Å². The third-order valence-electron chi connectivity index (χ3n) is 2.03. The molecule has 3 heteroatoms. The molecule has 0 unspecified atom stereocenters. The predicted molar refractivity (Wildman–Crippen MR) is 57.0 cm³/mol. The quantitative estimate of drug-likeness (QED) is 0.751. The van der Waals surface area contributed by atoms with Gasteiger partial charge in [0.2, 0.25) is 5.56 Å². The lowest BCUT2D eigenvalue weighted by molar-refractivity contribution is 1.30. The molecule has 1 heterocycles. The van der Waals surface area contributed by atoms with E-state index in [-0.39, 0.29) is 5.56 Å². The zero-order valence-corrected chi connectivity index (χ0v) is 8.68. The van der Waals surface area contributed by atoms with E-state index in [0.29, 0.717) is 0 Å². The van der Waals surface area contributed by atoms with Crippen LogP contribution in [0.3, 0.4) is 0 Å².